The van der Waals surface area contributed by atoms with Gasteiger partial charge in [0.2, 0.25) is 0 Å². The molecule has 1 aromatic rings. The number of ether oxygens (including phenoxy) is 1. The normalized spacial score (nSPS) is 11.3. The third kappa shape index (κ3) is 5.37. The third-order valence-corrected chi connectivity index (χ3v) is 3.33. The zero-order valence-electron chi connectivity index (χ0n) is 11.0. The smallest absolute Gasteiger partial charge is 0.407 e. The van der Waals surface area contributed by atoms with E-state index < -0.39 is 17.5 Å². The van der Waals surface area contributed by atoms with Crippen molar-refractivity contribution in [1.29, 1.82) is 0 Å². The fraction of sp³-hybridized carbons (Fsp3) is 0.462. The number of alkyl carbamates (subject to hydrolysis) is 1. The number of carbonyl (C=O) groups excluding carboxylic acids is 1. The maximum absolute atomic E-state index is 13.5. The Labute approximate surface area is 125 Å². The minimum atomic E-state index is -0.531. The lowest BCUT2D eigenvalue weighted by Crippen LogP contribution is -2.33. The summed E-state index contributed by atoms with van der Waals surface area (Å²) < 4.78 is 18.9. The Hall–Kier alpha value is -0.810. The summed E-state index contributed by atoms with van der Waals surface area (Å²) in [5.74, 6) is -0.489. The molecular weight excluding hydrogens is 337 g/mol. The molecule has 1 N–H and O–H groups in total. The van der Waals surface area contributed by atoms with Crippen molar-refractivity contribution in [2.75, 3.05) is 6.54 Å². The Bertz CT molecular complexity index is 474. The summed E-state index contributed by atoms with van der Waals surface area (Å²) in [6.07, 6.45) is -0.00783. The van der Waals surface area contributed by atoms with Crippen LogP contribution in [0.15, 0.2) is 16.6 Å². The van der Waals surface area contributed by atoms with E-state index in [-0.39, 0.29) is 5.02 Å². The molecule has 0 bridgehead atoms. The molecule has 0 saturated heterocycles. The molecule has 3 nitrogen and oxygen atoms in total. The number of amides is 1. The quantitative estimate of drug-likeness (QED) is 0.823. The van der Waals surface area contributed by atoms with E-state index >= 15 is 0 Å². The van der Waals surface area contributed by atoms with Crippen LogP contribution in [0.5, 0.6) is 0 Å². The highest BCUT2D eigenvalue weighted by Crippen LogP contribution is 2.26. The summed E-state index contributed by atoms with van der Waals surface area (Å²) in [5, 5.41) is 2.68. The molecular formula is C13H16BrClFNO2. The van der Waals surface area contributed by atoms with Crippen molar-refractivity contribution in [3.05, 3.63) is 33.0 Å². The van der Waals surface area contributed by atoms with Crippen LogP contribution in [0.3, 0.4) is 0 Å². The first-order valence-electron chi connectivity index (χ1n) is 5.80. The Morgan fingerprint density at radius 3 is 2.68 bits per heavy atom. The average Bonchev–Trinajstić information content (AvgIpc) is 2.27. The van der Waals surface area contributed by atoms with Crippen LogP contribution in [0.4, 0.5) is 9.18 Å². The first-order chi connectivity index (χ1) is 8.70. The topological polar surface area (TPSA) is 38.3 Å². The number of hydrogen-bond donors (Lipinski definition) is 1. The summed E-state index contributed by atoms with van der Waals surface area (Å²) in [6, 6.07) is 3.21. The van der Waals surface area contributed by atoms with Gasteiger partial charge in [0.15, 0.2) is 5.82 Å². The molecule has 106 valence electrons. The lowest BCUT2D eigenvalue weighted by atomic mass is 10.1. The molecule has 0 aliphatic heterocycles. The zero-order valence-corrected chi connectivity index (χ0v) is 13.4. The molecule has 6 heteroatoms. The number of nitrogens with one attached hydrogen (secondary N) is 1. The van der Waals surface area contributed by atoms with Gasteiger partial charge in [-0.15, -0.1) is 0 Å². The molecule has 0 saturated carbocycles. The first kappa shape index (κ1) is 16.2. The van der Waals surface area contributed by atoms with Crippen molar-refractivity contribution in [3.8, 4) is 0 Å². The van der Waals surface area contributed by atoms with Crippen LogP contribution < -0.4 is 5.32 Å². The molecule has 0 heterocycles. The predicted octanol–water partition coefficient (Wildman–Crippen LogP) is 4.31. The van der Waals surface area contributed by atoms with Crippen molar-refractivity contribution in [2.45, 2.75) is 32.8 Å². The second-order valence-corrected chi connectivity index (χ2v) is 6.21. The Morgan fingerprint density at radius 1 is 1.47 bits per heavy atom. The zero-order chi connectivity index (χ0) is 14.6. The van der Waals surface area contributed by atoms with Crippen LogP contribution in [0, 0.1) is 5.82 Å². The van der Waals surface area contributed by atoms with Gasteiger partial charge < -0.3 is 10.1 Å². The van der Waals surface area contributed by atoms with E-state index in [1.54, 1.807) is 26.8 Å². The minimum absolute atomic E-state index is 0.0655. The standard InChI is InChI=1S/C13H16BrClFNO2/c1-13(2,3)19-12(18)17-7-6-8-4-5-9(15)11(16)10(8)14/h4-5H,6-7H2,1-3H3,(H,17,18). The van der Waals surface area contributed by atoms with Crippen LogP contribution in [0.2, 0.25) is 5.02 Å². The van der Waals surface area contributed by atoms with Gasteiger partial charge in [0, 0.05) is 6.54 Å². The predicted molar refractivity (Wildman–Crippen MR) is 77.1 cm³/mol. The second kappa shape index (κ2) is 6.57. The first-order valence-corrected chi connectivity index (χ1v) is 6.97. The second-order valence-electron chi connectivity index (χ2n) is 5.01. The lowest BCUT2D eigenvalue weighted by molar-refractivity contribution is 0.0528. The highest BCUT2D eigenvalue weighted by atomic mass is 79.9. The van der Waals surface area contributed by atoms with E-state index in [0.717, 1.165) is 5.56 Å². The van der Waals surface area contributed by atoms with Gasteiger partial charge in [0.1, 0.15) is 5.60 Å². The number of carbonyl (C=O) groups is 1. The Morgan fingerprint density at radius 2 is 2.11 bits per heavy atom. The van der Waals surface area contributed by atoms with Gasteiger partial charge in [-0.1, -0.05) is 17.7 Å². The van der Waals surface area contributed by atoms with E-state index in [1.807, 2.05) is 0 Å². The van der Waals surface area contributed by atoms with Crippen LogP contribution >= 0.6 is 27.5 Å². The van der Waals surface area contributed by atoms with Crippen molar-refractivity contribution >= 4 is 33.6 Å². The van der Waals surface area contributed by atoms with Gasteiger partial charge in [0.25, 0.3) is 0 Å². The molecule has 19 heavy (non-hydrogen) atoms. The monoisotopic (exact) mass is 351 g/mol. The Kier molecular flexibility index (Phi) is 5.62. The summed E-state index contributed by atoms with van der Waals surface area (Å²) in [4.78, 5) is 11.4. The summed E-state index contributed by atoms with van der Waals surface area (Å²) >= 11 is 8.79. The highest BCUT2D eigenvalue weighted by Gasteiger charge is 2.16. The summed E-state index contributed by atoms with van der Waals surface area (Å²) in [6.45, 7) is 5.72. The van der Waals surface area contributed by atoms with Crippen molar-refractivity contribution < 1.29 is 13.9 Å². The number of benzene rings is 1. The third-order valence-electron chi connectivity index (χ3n) is 2.18. The maximum Gasteiger partial charge on any atom is 0.407 e. The van der Waals surface area contributed by atoms with Crippen LogP contribution in [-0.4, -0.2) is 18.2 Å². The summed E-state index contributed by atoms with van der Waals surface area (Å²) in [5.41, 5.74) is 0.204. The van der Waals surface area contributed by atoms with Gasteiger partial charge >= 0.3 is 6.09 Å². The fourth-order valence-electron chi connectivity index (χ4n) is 1.37. The lowest BCUT2D eigenvalue weighted by Gasteiger charge is -2.19. The number of hydrogen-bond acceptors (Lipinski definition) is 2. The summed E-state index contributed by atoms with van der Waals surface area (Å²) in [7, 11) is 0. The van der Waals surface area contributed by atoms with E-state index in [9.17, 15) is 9.18 Å². The van der Waals surface area contributed by atoms with Crippen LogP contribution in [-0.2, 0) is 11.2 Å². The molecule has 0 aliphatic carbocycles. The van der Waals surface area contributed by atoms with E-state index in [4.69, 9.17) is 16.3 Å². The molecule has 0 unspecified atom stereocenters. The fourth-order valence-corrected chi connectivity index (χ4v) is 2.19. The molecule has 1 aromatic carbocycles. The van der Waals surface area contributed by atoms with Crippen LogP contribution in [0.1, 0.15) is 26.3 Å². The molecule has 0 aliphatic rings. The number of rotatable bonds is 3. The molecule has 0 fully saturated rings. The molecule has 1 rings (SSSR count). The van der Waals surface area contributed by atoms with E-state index in [0.29, 0.717) is 17.4 Å². The SMILES string of the molecule is CC(C)(C)OC(=O)NCCc1ccc(Cl)c(F)c1Br. The molecule has 0 spiro atoms. The molecule has 0 atom stereocenters. The van der Waals surface area contributed by atoms with Crippen molar-refractivity contribution in [2.24, 2.45) is 0 Å². The van der Waals surface area contributed by atoms with E-state index in [2.05, 4.69) is 21.2 Å². The highest BCUT2D eigenvalue weighted by molar-refractivity contribution is 9.10. The van der Waals surface area contributed by atoms with Gasteiger partial charge in [-0.3, -0.25) is 0 Å². The van der Waals surface area contributed by atoms with E-state index in [1.165, 1.54) is 6.07 Å². The van der Waals surface area contributed by atoms with Gasteiger partial charge in [-0.05, 0) is 54.8 Å². The average molecular weight is 353 g/mol. The van der Waals surface area contributed by atoms with Crippen molar-refractivity contribution in [1.82, 2.24) is 5.32 Å². The van der Waals surface area contributed by atoms with Crippen LogP contribution in [0.25, 0.3) is 0 Å². The largest absolute Gasteiger partial charge is 0.444 e. The van der Waals surface area contributed by atoms with Gasteiger partial charge in [-0.2, -0.15) is 0 Å². The minimum Gasteiger partial charge on any atom is -0.444 e. The molecule has 1 amide bonds. The maximum atomic E-state index is 13.5. The van der Waals surface area contributed by atoms with Crippen molar-refractivity contribution in [3.63, 3.8) is 0 Å². The Balaban J connectivity index is 2.50. The van der Waals surface area contributed by atoms with Gasteiger partial charge in [-0.25, -0.2) is 9.18 Å². The number of halogens is 3. The molecule has 0 radical (unpaired) electrons. The van der Waals surface area contributed by atoms with Gasteiger partial charge in [0.05, 0.1) is 9.50 Å². The molecule has 0 aromatic heterocycles.